The smallest absolute Gasteiger partial charge is 0.321 e. The van der Waals surface area contributed by atoms with Crippen LogP contribution in [0, 0.1) is 0 Å². The average molecular weight is 296 g/mol. The quantitative estimate of drug-likeness (QED) is 0.747. The zero-order valence-corrected chi connectivity index (χ0v) is 13.4. The molecule has 2 aromatic carbocycles. The topological polar surface area (TPSA) is 32.3 Å². The van der Waals surface area contributed by atoms with Gasteiger partial charge in [-0.15, -0.1) is 0 Å². The standard InChI is InChI=1S/C19H24N2O/c1-3-4-8-15-21(2)19(22)20-18-13-11-17(12-14-18)16-9-6-5-7-10-16/h5-7,9-14H,3-4,8,15H2,1-2H3,(H,20,22). The van der Waals surface area contributed by atoms with Gasteiger partial charge in [-0.05, 0) is 29.7 Å². The third kappa shape index (κ3) is 4.62. The van der Waals surface area contributed by atoms with Gasteiger partial charge in [0.15, 0.2) is 0 Å². The van der Waals surface area contributed by atoms with Gasteiger partial charge in [0.25, 0.3) is 0 Å². The molecule has 0 aromatic heterocycles. The Labute approximate surface area is 133 Å². The van der Waals surface area contributed by atoms with Crippen LogP contribution in [0.5, 0.6) is 0 Å². The van der Waals surface area contributed by atoms with Crippen LogP contribution in [0.3, 0.4) is 0 Å². The number of amides is 2. The van der Waals surface area contributed by atoms with E-state index in [1.807, 2.05) is 49.5 Å². The molecule has 0 unspecified atom stereocenters. The number of carbonyl (C=O) groups excluding carboxylic acids is 1. The molecule has 1 N–H and O–H groups in total. The number of anilines is 1. The van der Waals surface area contributed by atoms with Crippen molar-refractivity contribution in [2.24, 2.45) is 0 Å². The van der Waals surface area contributed by atoms with Crippen molar-refractivity contribution in [3.05, 3.63) is 54.6 Å². The van der Waals surface area contributed by atoms with Crippen LogP contribution in [0.15, 0.2) is 54.6 Å². The Bertz CT molecular complexity index is 578. The predicted octanol–water partition coefficient (Wildman–Crippen LogP) is 5.01. The number of benzene rings is 2. The molecule has 2 rings (SSSR count). The molecular weight excluding hydrogens is 272 g/mol. The lowest BCUT2D eigenvalue weighted by Gasteiger charge is -2.18. The van der Waals surface area contributed by atoms with E-state index in [1.165, 1.54) is 5.56 Å². The van der Waals surface area contributed by atoms with Crippen molar-refractivity contribution in [3.63, 3.8) is 0 Å². The molecule has 0 spiro atoms. The van der Waals surface area contributed by atoms with Crippen LogP contribution in [-0.2, 0) is 0 Å². The van der Waals surface area contributed by atoms with Crippen molar-refractivity contribution >= 4 is 11.7 Å². The summed E-state index contributed by atoms with van der Waals surface area (Å²) in [6.45, 7) is 2.95. The Morgan fingerprint density at radius 1 is 0.955 bits per heavy atom. The highest BCUT2D eigenvalue weighted by atomic mass is 16.2. The van der Waals surface area contributed by atoms with Crippen molar-refractivity contribution in [2.75, 3.05) is 18.9 Å². The molecule has 3 nitrogen and oxygen atoms in total. The molecule has 3 heteroatoms. The highest BCUT2D eigenvalue weighted by Gasteiger charge is 2.08. The van der Waals surface area contributed by atoms with Crippen molar-refractivity contribution in [3.8, 4) is 11.1 Å². The van der Waals surface area contributed by atoms with Crippen LogP contribution >= 0.6 is 0 Å². The summed E-state index contributed by atoms with van der Waals surface area (Å²) in [5.74, 6) is 0. The highest BCUT2D eigenvalue weighted by molar-refractivity contribution is 5.89. The van der Waals surface area contributed by atoms with Crippen LogP contribution in [0.2, 0.25) is 0 Å². The first kappa shape index (κ1) is 16.1. The first-order valence-corrected chi connectivity index (χ1v) is 7.88. The number of hydrogen-bond acceptors (Lipinski definition) is 1. The van der Waals surface area contributed by atoms with Crippen LogP contribution in [0.25, 0.3) is 11.1 Å². The number of urea groups is 1. The molecule has 0 saturated heterocycles. The maximum atomic E-state index is 12.1. The molecule has 116 valence electrons. The van der Waals surface area contributed by atoms with E-state index in [0.717, 1.165) is 37.1 Å². The summed E-state index contributed by atoms with van der Waals surface area (Å²) in [6.07, 6.45) is 3.37. The maximum absolute atomic E-state index is 12.1. The zero-order valence-electron chi connectivity index (χ0n) is 13.4. The third-order valence-corrected chi connectivity index (χ3v) is 3.69. The van der Waals surface area contributed by atoms with Crippen molar-refractivity contribution < 1.29 is 4.79 Å². The molecule has 0 atom stereocenters. The van der Waals surface area contributed by atoms with Gasteiger partial charge >= 0.3 is 6.03 Å². The minimum atomic E-state index is -0.0523. The first-order valence-electron chi connectivity index (χ1n) is 7.88. The molecule has 0 bridgehead atoms. The molecule has 0 aliphatic rings. The lowest BCUT2D eigenvalue weighted by molar-refractivity contribution is 0.221. The van der Waals surface area contributed by atoms with E-state index in [4.69, 9.17) is 0 Å². The summed E-state index contributed by atoms with van der Waals surface area (Å²) in [4.78, 5) is 13.8. The Morgan fingerprint density at radius 3 is 2.23 bits per heavy atom. The lowest BCUT2D eigenvalue weighted by atomic mass is 10.1. The van der Waals surface area contributed by atoms with Crippen molar-refractivity contribution in [1.82, 2.24) is 4.90 Å². The van der Waals surface area contributed by atoms with E-state index < -0.39 is 0 Å². The minimum Gasteiger partial charge on any atom is -0.328 e. The fourth-order valence-corrected chi connectivity index (χ4v) is 2.30. The van der Waals surface area contributed by atoms with Gasteiger partial charge in [-0.25, -0.2) is 4.79 Å². The SMILES string of the molecule is CCCCCN(C)C(=O)Nc1ccc(-c2ccccc2)cc1. The second kappa shape index (κ2) is 8.23. The molecule has 0 saturated carbocycles. The molecule has 0 aliphatic carbocycles. The summed E-state index contributed by atoms with van der Waals surface area (Å²) in [5, 5.41) is 2.93. The van der Waals surface area contributed by atoms with Crippen LogP contribution in [-0.4, -0.2) is 24.5 Å². The largest absolute Gasteiger partial charge is 0.328 e. The average Bonchev–Trinajstić information content (AvgIpc) is 2.56. The molecule has 0 heterocycles. The Kier molecular flexibility index (Phi) is 6.01. The van der Waals surface area contributed by atoms with E-state index in [9.17, 15) is 4.79 Å². The molecule has 2 aromatic rings. The van der Waals surface area contributed by atoms with Gasteiger partial charge in [-0.3, -0.25) is 0 Å². The third-order valence-electron chi connectivity index (χ3n) is 3.69. The highest BCUT2D eigenvalue weighted by Crippen LogP contribution is 2.21. The number of rotatable bonds is 6. The summed E-state index contributed by atoms with van der Waals surface area (Å²) in [6, 6.07) is 18.1. The second-order valence-electron chi connectivity index (χ2n) is 5.50. The normalized spacial score (nSPS) is 10.3. The second-order valence-corrected chi connectivity index (χ2v) is 5.50. The van der Waals surface area contributed by atoms with Crippen LogP contribution < -0.4 is 5.32 Å². The Morgan fingerprint density at radius 2 is 1.59 bits per heavy atom. The lowest BCUT2D eigenvalue weighted by Crippen LogP contribution is -2.32. The van der Waals surface area contributed by atoms with Gasteiger partial charge in [0.05, 0.1) is 0 Å². The number of nitrogens with zero attached hydrogens (tertiary/aromatic N) is 1. The number of carbonyl (C=O) groups is 1. The summed E-state index contributed by atoms with van der Waals surface area (Å²) >= 11 is 0. The van der Waals surface area contributed by atoms with Crippen LogP contribution in [0.1, 0.15) is 26.2 Å². The number of unbranched alkanes of at least 4 members (excludes halogenated alkanes) is 2. The fourth-order valence-electron chi connectivity index (χ4n) is 2.30. The number of nitrogens with one attached hydrogen (secondary N) is 1. The van der Waals surface area contributed by atoms with Gasteiger partial charge < -0.3 is 10.2 Å². The molecular formula is C19H24N2O. The van der Waals surface area contributed by atoms with E-state index >= 15 is 0 Å². The number of hydrogen-bond donors (Lipinski definition) is 1. The van der Waals surface area contributed by atoms with Crippen molar-refractivity contribution in [2.45, 2.75) is 26.2 Å². The predicted molar refractivity (Wildman–Crippen MR) is 93.1 cm³/mol. The minimum absolute atomic E-state index is 0.0523. The Hall–Kier alpha value is -2.29. The maximum Gasteiger partial charge on any atom is 0.321 e. The summed E-state index contributed by atoms with van der Waals surface area (Å²) < 4.78 is 0. The van der Waals surface area contributed by atoms with Gasteiger partial charge in [0.2, 0.25) is 0 Å². The molecule has 0 aliphatic heterocycles. The van der Waals surface area contributed by atoms with Gasteiger partial charge in [-0.1, -0.05) is 62.2 Å². The van der Waals surface area contributed by atoms with E-state index in [-0.39, 0.29) is 6.03 Å². The first-order chi connectivity index (χ1) is 10.7. The van der Waals surface area contributed by atoms with E-state index in [0.29, 0.717) is 0 Å². The molecule has 2 amide bonds. The monoisotopic (exact) mass is 296 g/mol. The van der Waals surface area contributed by atoms with Gasteiger partial charge in [0.1, 0.15) is 0 Å². The van der Waals surface area contributed by atoms with Gasteiger partial charge in [-0.2, -0.15) is 0 Å². The molecule has 22 heavy (non-hydrogen) atoms. The Balaban J connectivity index is 1.92. The molecule has 0 radical (unpaired) electrons. The zero-order chi connectivity index (χ0) is 15.8. The molecule has 0 fully saturated rings. The van der Waals surface area contributed by atoms with Crippen LogP contribution in [0.4, 0.5) is 10.5 Å². The van der Waals surface area contributed by atoms with Gasteiger partial charge in [0, 0.05) is 19.3 Å². The fraction of sp³-hybridized carbons (Fsp3) is 0.316. The van der Waals surface area contributed by atoms with E-state index in [1.54, 1.807) is 4.90 Å². The summed E-state index contributed by atoms with van der Waals surface area (Å²) in [7, 11) is 1.84. The summed E-state index contributed by atoms with van der Waals surface area (Å²) in [5.41, 5.74) is 3.15. The van der Waals surface area contributed by atoms with E-state index in [2.05, 4.69) is 24.4 Å². The van der Waals surface area contributed by atoms with Crippen molar-refractivity contribution in [1.29, 1.82) is 0 Å².